The van der Waals surface area contributed by atoms with Crippen LogP contribution in [0.4, 0.5) is 5.13 Å². The molecule has 2 amide bonds. The molecule has 2 heterocycles. The zero-order valence-electron chi connectivity index (χ0n) is 14.5. The van der Waals surface area contributed by atoms with Gasteiger partial charge in [0.15, 0.2) is 5.13 Å². The van der Waals surface area contributed by atoms with Crippen molar-refractivity contribution in [2.24, 2.45) is 23.0 Å². The maximum Gasteiger partial charge on any atom is 0.231 e. The Kier molecular flexibility index (Phi) is 4.66. The van der Waals surface area contributed by atoms with Crippen molar-refractivity contribution in [1.29, 1.82) is 0 Å². The van der Waals surface area contributed by atoms with E-state index < -0.39 is 5.41 Å². The summed E-state index contributed by atoms with van der Waals surface area (Å²) in [7, 11) is 0. The molecule has 3 rings (SSSR count). The number of nitrogens with zero attached hydrogens (tertiary/aromatic N) is 2. The monoisotopic (exact) mass is 350 g/mol. The van der Waals surface area contributed by atoms with Gasteiger partial charge in [-0.1, -0.05) is 20.8 Å². The van der Waals surface area contributed by atoms with E-state index in [1.165, 1.54) is 11.3 Å². The molecule has 1 aromatic heterocycles. The van der Waals surface area contributed by atoms with E-state index in [1.54, 1.807) is 0 Å². The predicted octanol–water partition coefficient (Wildman–Crippen LogP) is 1.87. The molecule has 0 spiro atoms. The van der Waals surface area contributed by atoms with Crippen LogP contribution in [0.2, 0.25) is 0 Å². The molecule has 1 aliphatic carbocycles. The first-order valence-electron chi connectivity index (χ1n) is 8.53. The third-order valence-corrected chi connectivity index (χ3v) is 5.86. The van der Waals surface area contributed by atoms with Gasteiger partial charge in [0, 0.05) is 29.9 Å². The smallest absolute Gasteiger partial charge is 0.231 e. The number of fused-ring (bicyclic) bond motifs is 1. The number of thiazole rings is 1. The van der Waals surface area contributed by atoms with Crippen molar-refractivity contribution in [3.05, 3.63) is 11.1 Å². The fourth-order valence-corrected chi connectivity index (χ4v) is 4.21. The summed E-state index contributed by atoms with van der Waals surface area (Å²) in [6.45, 7) is 7.18. The van der Waals surface area contributed by atoms with Crippen LogP contribution in [0.5, 0.6) is 0 Å². The van der Waals surface area contributed by atoms with Gasteiger partial charge in [0.2, 0.25) is 11.8 Å². The molecule has 2 aliphatic rings. The number of nitrogens with two attached hydrogens (primary N) is 1. The van der Waals surface area contributed by atoms with E-state index in [-0.39, 0.29) is 24.3 Å². The van der Waals surface area contributed by atoms with Crippen molar-refractivity contribution in [2.45, 2.75) is 46.1 Å². The maximum absolute atomic E-state index is 12.5. The van der Waals surface area contributed by atoms with E-state index >= 15 is 0 Å². The molecule has 1 saturated heterocycles. The largest absolute Gasteiger partial charge is 0.342 e. The van der Waals surface area contributed by atoms with E-state index in [0.717, 1.165) is 31.6 Å². The minimum atomic E-state index is -0.465. The van der Waals surface area contributed by atoms with Crippen LogP contribution in [0.25, 0.3) is 0 Å². The Balaban J connectivity index is 1.55. The molecule has 1 aromatic rings. The summed E-state index contributed by atoms with van der Waals surface area (Å²) in [5, 5.41) is 5.21. The van der Waals surface area contributed by atoms with Gasteiger partial charge < -0.3 is 16.0 Å². The van der Waals surface area contributed by atoms with Crippen molar-refractivity contribution in [3.8, 4) is 0 Å². The summed E-state index contributed by atoms with van der Waals surface area (Å²) in [5.74, 6) is 1.07. The molecule has 3 N–H and O–H groups in total. The second-order valence-electron chi connectivity index (χ2n) is 7.99. The molecule has 3 atom stereocenters. The number of aromatic nitrogens is 1. The second kappa shape index (κ2) is 6.44. The summed E-state index contributed by atoms with van der Waals surface area (Å²) in [5.41, 5.74) is 6.38. The van der Waals surface area contributed by atoms with E-state index in [0.29, 0.717) is 17.0 Å². The van der Waals surface area contributed by atoms with Crippen LogP contribution in [0.15, 0.2) is 5.38 Å². The highest BCUT2D eigenvalue weighted by Crippen LogP contribution is 2.37. The van der Waals surface area contributed by atoms with Gasteiger partial charge in [0.1, 0.15) is 0 Å². The van der Waals surface area contributed by atoms with Gasteiger partial charge in [-0.05, 0) is 24.7 Å². The number of likely N-dealkylation sites (tertiary alicyclic amines) is 1. The standard InChI is InChI=1S/C17H26N4O2S/c1-17(2,3)15(23)20-16-19-11(9-24-16)6-14(22)21-7-10-4-5-13(18)12(10)8-21/h9-10,12-13H,4-8,18H2,1-3H3,(H,19,20,23). The van der Waals surface area contributed by atoms with Crippen LogP contribution in [0.1, 0.15) is 39.3 Å². The second-order valence-corrected chi connectivity index (χ2v) is 8.85. The lowest BCUT2D eigenvalue weighted by Gasteiger charge is -2.18. The van der Waals surface area contributed by atoms with Gasteiger partial charge in [-0.2, -0.15) is 0 Å². The predicted molar refractivity (Wildman–Crippen MR) is 94.7 cm³/mol. The van der Waals surface area contributed by atoms with Crippen LogP contribution < -0.4 is 11.1 Å². The molecule has 6 nitrogen and oxygen atoms in total. The van der Waals surface area contributed by atoms with E-state index in [2.05, 4.69) is 10.3 Å². The van der Waals surface area contributed by atoms with Gasteiger partial charge in [0.05, 0.1) is 12.1 Å². The van der Waals surface area contributed by atoms with Crippen LogP contribution in [0, 0.1) is 17.3 Å². The molecule has 3 unspecified atom stereocenters. The lowest BCUT2D eigenvalue weighted by molar-refractivity contribution is -0.129. The first kappa shape index (κ1) is 17.4. The average molecular weight is 350 g/mol. The highest BCUT2D eigenvalue weighted by Gasteiger charge is 2.42. The zero-order valence-corrected chi connectivity index (χ0v) is 15.4. The van der Waals surface area contributed by atoms with Gasteiger partial charge in [0.25, 0.3) is 0 Å². The van der Waals surface area contributed by atoms with Crippen molar-refractivity contribution in [3.63, 3.8) is 0 Å². The Morgan fingerprint density at radius 3 is 2.79 bits per heavy atom. The van der Waals surface area contributed by atoms with Gasteiger partial charge in [-0.25, -0.2) is 4.98 Å². The van der Waals surface area contributed by atoms with Gasteiger partial charge in [-0.15, -0.1) is 11.3 Å². The van der Waals surface area contributed by atoms with Crippen LogP contribution in [-0.2, 0) is 16.0 Å². The number of carbonyl (C=O) groups excluding carboxylic acids is 2. The van der Waals surface area contributed by atoms with Crippen molar-refractivity contribution in [2.75, 3.05) is 18.4 Å². The van der Waals surface area contributed by atoms with Crippen molar-refractivity contribution < 1.29 is 9.59 Å². The number of hydrogen-bond acceptors (Lipinski definition) is 5. The average Bonchev–Trinajstić information content (AvgIpc) is 3.16. The lowest BCUT2D eigenvalue weighted by atomic mass is 9.96. The number of hydrogen-bond donors (Lipinski definition) is 2. The minimum absolute atomic E-state index is 0.0731. The number of carbonyl (C=O) groups is 2. The normalized spacial score (nSPS) is 26.5. The molecular weight excluding hydrogens is 324 g/mol. The number of nitrogens with one attached hydrogen (secondary N) is 1. The molecule has 0 aromatic carbocycles. The van der Waals surface area contributed by atoms with E-state index in [9.17, 15) is 9.59 Å². The Hall–Kier alpha value is -1.47. The summed E-state index contributed by atoms with van der Waals surface area (Å²) >= 11 is 1.36. The Morgan fingerprint density at radius 2 is 2.12 bits per heavy atom. The quantitative estimate of drug-likeness (QED) is 0.871. The summed E-state index contributed by atoms with van der Waals surface area (Å²) < 4.78 is 0. The molecule has 0 bridgehead atoms. The van der Waals surface area contributed by atoms with Crippen LogP contribution >= 0.6 is 11.3 Å². The third kappa shape index (κ3) is 3.62. The Labute approximate surface area is 146 Å². The van der Waals surface area contributed by atoms with Gasteiger partial charge in [-0.3, -0.25) is 9.59 Å². The molecule has 0 radical (unpaired) electrons. The lowest BCUT2D eigenvalue weighted by Crippen LogP contribution is -2.34. The first-order valence-corrected chi connectivity index (χ1v) is 9.41. The number of anilines is 1. The molecule has 24 heavy (non-hydrogen) atoms. The highest BCUT2D eigenvalue weighted by atomic mass is 32.1. The molecule has 1 saturated carbocycles. The van der Waals surface area contributed by atoms with Crippen molar-refractivity contribution in [1.82, 2.24) is 9.88 Å². The van der Waals surface area contributed by atoms with Crippen LogP contribution in [0.3, 0.4) is 0 Å². The molecule has 2 fully saturated rings. The molecular formula is C17H26N4O2S. The highest BCUT2D eigenvalue weighted by molar-refractivity contribution is 7.13. The molecule has 7 heteroatoms. The van der Waals surface area contributed by atoms with Gasteiger partial charge >= 0.3 is 0 Å². The van der Waals surface area contributed by atoms with Crippen molar-refractivity contribution >= 4 is 28.3 Å². The SMILES string of the molecule is CC(C)(C)C(=O)Nc1nc(CC(=O)N2CC3CCC(N)C3C2)cs1. The Bertz CT molecular complexity index is 637. The third-order valence-electron chi connectivity index (χ3n) is 5.05. The minimum Gasteiger partial charge on any atom is -0.342 e. The maximum atomic E-state index is 12.5. The fourth-order valence-electron chi connectivity index (χ4n) is 3.51. The van der Waals surface area contributed by atoms with Crippen LogP contribution in [-0.4, -0.2) is 40.8 Å². The zero-order chi connectivity index (χ0) is 17.5. The van der Waals surface area contributed by atoms with E-state index in [1.807, 2.05) is 31.1 Å². The molecule has 132 valence electrons. The summed E-state index contributed by atoms with van der Waals surface area (Å²) in [4.78, 5) is 30.8. The fraction of sp³-hybridized carbons (Fsp3) is 0.706. The summed E-state index contributed by atoms with van der Waals surface area (Å²) in [6.07, 6.45) is 2.51. The number of rotatable bonds is 3. The first-order chi connectivity index (χ1) is 11.2. The van der Waals surface area contributed by atoms with E-state index in [4.69, 9.17) is 5.73 Å². The Morgan fingerprint density at radius 1 is 1.38 bits per heavy atom. The summed E-state index contributed by atoms with van der Waals surface area (Å²) in [6, 6.07) is 0.242. The topological polar surface area (TPSA) is 88.3 Å². The number of amides is 2. The molecule has 1 aliphatic heterocycles.